The summed E-state index contributed by atoms with van der Waals surface area (Å²) in [5.74, 6) is 2.06. The molecule has 3 aromatic rings. The van der Waals surface area contributed by atoms with Crippen LogP contribution in [0, 0.1) is 0 Å². The Balaban J connectivity index is 1.31. The number of benzene rings is 1. The molecule has 4 heterocycles. The van der Waals surface area contributed by atoms with Crippen molar-refractivity contribution in [2.24, 2.45) is 7.05 Å². The Labute approximate surface area is 240 Å². The number of aromatic nitrogens is 3. The molecule has 0 radical (unpaired) electrons. The second kappa shape index (κ2) is 12.1. The minimum Gasteiger partial charge on any atom is -0.497 e. The molecule has 1 N–H and O–H groups in total. The van der Waals surface area contributed by atoms with Crippen LogP contribution >= 0.6 is 0 Å². The first-order valence-corrected chi connectivity index (χ1v) is 15.1. The van der Waals surface area contributed by atoms with Gasteiger partial charge in [-0.25, -0.2) is 9.97 Å². The molecule has 2 aromatic heterocycles. The van der Waals surface area contributed by atoms with Crippen LogP contribution in [0.5, 0.6) is 5.75 Å². The van der Waals surface area contributed by atoms with Crippen LogP contribution in [0.4, 0.5) is 0 Å². The smallest absolute Gasteiger partial charge is 0.159 e. The quantitative estimate of drug-likeness (QED) is 0.422. The van der Waals surface area contributed by atoms with Crippen molar-refractivity contribution in [1.29, 1.82) is 0 Å². The average molecular weight is 548 g/mol. The summed E-state index contributed by atoms with van der Waals surface area (Å²) in [6, 6.07) is 12.2. The maximum Gasteiger partial charge on any atom is 0.159 e. The molecule has 40 heavy (non-hydrogen) atoms. The lowest BCUT2D eigenvalue weighted by molar-refractivity contribution is 0.0507. The van der Waals surface area contributed by atoms with E-state index in [1.165, 1.54) is 11.1 Å². The highest BCUT2D eigenvalue weighted by atomic mass is 16.5. The van der Waals surface area contributed by atoms with Crippen LogP contribution in [0.3, 0.4) is 0 Å². The number of rotatable bonds is 9. The zero-order valence-corrected chi connectivity index (χ0v) is 25.7. The molecule has 0 unspecified atom stereocenters. The summed E-state index contributed by atoms with van der Waals surface area (Å²) < 4.78 is 7.63. The summed E-state index contributed by atoms with van der Waals surface area (Å²) in [5.41, 5.74) is 4.67. The van der Waals surface area contributed by atoms with Crippen LogP contribution in [-0.2, 0) is 19.1 Å². The van der Waals surface area contributed by atoms with Gasteiger partial charge in [-0.1, -0.05) is 25.5 Å². The van der Waals surface area contributed by atoms with Gasteiger partial charge in [-0.3, -0.25) is 14.7 Å². The van der Waals surface area contributed by atoms with Gasteiger partial charge in [0.2, 0.25) is 0 Å². The first kappa shape index (κ1) is 29.0. The van der Waals surface area contributed by atoms with E-state index >= 15 is 0 Å². The second-order valence-electron chi connectivity index (χ2n) is 12.4. The number of piperidine rings is 1. The number of hydrogen-bond acceptors (Lipinski definition) is 7. The number of piperazine rings is 1. The van der Waals surface area contributed by atoms with Gasteiger partial charge in [-0.05, 0) is 76.5 Å². The molecular formula is C32H49N7O. The number of aryl methyl sites for hydroxylation is 1. The molecule has 0 spiro atoms. The molecule has 0 saturated carbocycles. The van der Waals surface area contributed by atoms with E-state index in [-0.39, 0.29) is 5.54 Å². The number of imidazole rings is 1. The number of ether oxygens (including phenoxy) is 1. The van der Waals surface area contributed by atoms with E-state index in [0.717, 1.165) is 81.1 Å². The molecule has 2 aliphatic heterocycles. The number of likely N-dealkylation sites (tertiary alicyclic amines) is 1. The molecule has 0 aliphatic carbocycles. The fraction of sp³-hybridized carbons (Fsp3) is 0.625. The third-order valence-electron chi connectivity index (χ3n) is 9.26. The summed E-state index contributed by atoms with van der Waals surface area (Å²) in [7, 11) is 8.29. The van der Waals surface area contributed by atoms with E-state index in [0.29, 0.717) is 18.1 Å². The van der Waals surface area contributed by atoms with Crippen LogP contribution in [-0.4, -0.2) is 88.7 Å². The molecule has 5 rings (SSSR count). The van der Waals surface area contributed by atoms with Gasteiger partial charge < -0.3 is 14.6 Å². The predicted octanol–water partition coefficient (Wildman–Crippen LogP) is 4.55. The summed E-state index contributed by atoms with van der Waals surface area (Å²) in [6.45, 7) is 12.0. The standard InChI is InChI=1S/C32H49N7O/c1-8-9-29(39-20-23(2)34-24(3)21-39)31-35-28-18-25(19-33-30(28)37(31)6)22-38-16-14-32(15-17-38,36(4)5)26-10-12-27(40-7)13-11-26/h10-13,18-19,23-24,29,34H,8-9,14-17,20-22H2,1-7H3/t23-,24+,29-/m1/s1. The third kappa shape index (κ3) is 5.77. The molecule has 2 saturated heterocycles. The van der Waals surface area contributed by atoms with Crippen LogP contribution in [0.25, 0.3) is 11.2 Å². The maximum atomic E-state index is 5.40. The summed E-state index contributed by atoms with van der Waals surface area (Å²) in [6.07, 6.45) is 6.50. The molecule has 8 heteroatoms. The molecule has 2 fully saturated rings. The van der Waals surface area contributed by atoms with Crippen LogP contribution in [0.1, 0.15) is 69.4 Å². The summed E-state index contributed by atoms with van der Waals surface area (Å²) >= 11 is 0. The van der Waals surface area contributed by atoms with Gasteiger partial charge in [0.15, 0.2) is 5.65 Å². The number of nitrogens with zero attached hydrogens (tertiary/aromatic N) is 6. The van der Waals surface area contributed by atoms with E-state index in [2.05, 4.69) is 103 Å². The lowest BCUT2D eigenvalue weighted by Gasteiger charge is -2.46. The highest BCUT2D eigenvalue weighted by Crippen LogP contribution is 2.38. The van der Waals surface area contributed by atoms with E-state index < -0.39 is 0 Å². The summed E-state index contributed by atoms with van der Waals surface area (Å²) in [5, 5.41) is 3.68. The lowest BCUT2D eigenvalue weighted by Crippen LogP contribution is -2.55. The fourth-order valence-corrected chi connectivity index (χ4v) is 7.13. The molecule has 0 bridgehead atoms. The third-order valence-corrected chi connectivity index (χ3v) is 9.26. The Morgan fingerprint density at radius 3 is 2.38 bits per heavy atom. The number of fused-ring (bicyclic) bond motifs is 1. The number of pyridine rings is 1. The zero-order chi connectivity index (χ0) is 28.4. The van der Waals surface area contributed by atoms with Gasteiger partial charge >= 0.3 is 0 Å². The van der Waals surface area contributed by atoms with Crippen LogP contribution < -0.4 is 10.1 Å². The molecule has 1 aromatic carbocycles. The van der Waals surface area contributed by atoms with Crippen LogP contribution in [0.2, 0.25) is 0 Å². The van der Waals surface area contributed by atoms with Gasteiger partial charge in [0, 0.05) is 63.6 Å². The van der Waals surface area contributed by atoms with Gasteiger partial charge in [0.1, 0.15) is 17.1 Å². The Kier molecular flexibility index (Phi) is 8.80. The number of nitrogens with one attached hydrogen (secondary N) is 1. The molecular weight excluding hydrogens is 498 g/mol. The molecule has 3 atom stereocenters. The van der Waals surface area contributed by atoms with E-state index in [1.54, 1.807) is 7.11 Å². The van der Waals surface area contributed by atoms with E-state index in [1.807, 2.05) is 0 Å². The van der Waals surface area contributed by atoms with Crippen molar-refractivity contribution in [2.45, 2.75) is 76.7 Å². The molecule has 218 valence electrons. The normalized spacial score (nSPS) is 23.1. The maximum absolute atomic E-state index is 5.40. The SMILES string of the molecule is CCC[C@H](c1nc2cc(CN3CCC(c4ccc(OC)cc4)(N(C)C)CC3)cnc2n1C)N1C[C@@H](C)N[C@@H](C)C1. The second-order valence-corrected chi connectivity index (χ2v) is 12.4. The van der Waals surface area contributed by atoms with E-state index in [9.17, 15) is 0 Å². The Bertz CT molecular complexity index is 1250. The van der Waals surface area contributed by atoms with Gasteiger partial charge in [-0.2, -0.15) is 0 Å². The Hall–Kier alpha value is -2.52. The number of hydrogen-bond donors (Lipinski definition) is 1. The monoisotopic (exact) mass is 547 g/mol. The topological polar surface area (TPSA) is 61.7 Å². The van der Waals surface area contributed by atoms with Crippen molar-refractivity contribution >= 4 is 11.2 Å². The molecule has 2 aliphatic rings. The van der Waals surface area contributed by atoms with Gasteiger partial charge in [0.25, 0.3) is 0 Å². The zero-order valence-electron chi connectivity index (χ0n) is 25.7. The van der Waals surface area contributed by atoms with Gasteiger partial charge in [-0.15, -0.1) is 0 Å². The minimum atomic E-state index is 0.0497. The van der Waals surface area contributed by atoms with Gasteiger partial charge in [0.05, 0.1) is 13.2 Å². The van der Waals surface area contributed by atoms with Crippen molar-refractivity contribution in [2.75, 3.05) is 47.4 Å². The Morgan fingerprint density at radius 2 is 1.77 bits per heavy atom. The first-order valence-electron chi connectivity index (χ1n) is 15.1. The minimum absolute atomic E-state index is 0.0497. The predicted molar refractivity (Wildman–Crippen MR) is 163 cm³/mol. The van der Waals surface area contributed by atoms with Crippen LogP contribution in [0.15, 0.2) is 36.5 Å². The van der Waals surface area contributed by atoms with E-state index in [4.69, 9.17) is 14.7 Å². The summed E-state index contributed by atoms with van der Waals surface area (Å²) in [4.78, 5) is 17.7. The van der Waals surface area contributed by atoms with Crippen molar-refractivity contribution < 1.29 is 4.74 Å². The first-order chi connectivity index (χ1) is 19.2. The average Bonchev–Trinajstić information content (AvgIpc) is 3.26. The van der Waals surface area contributed by atoms with Crippen molar-refractivity contribution in [3.63, 3.8) is 0 Å². The largest absolute Gasteiger partial charge is 0.497 e. The highest BCUT2D eigenvalue weighted by Gasteiger charge is 2.38. The molecule has 8 nitrogen and oxygen atoms in total. The fourth-order valence-electron chi connectivity index (χ4n) is 7.13. The van der Waals surface area contributed by atoms with Crippen molar-refractivity contribution in [3.05, 3.63) is 53.5 Å². The number of methoxy groups -OCH3 is 1. The Morgan fingerprint density at radius 1 is 1.10 bits per heavy atom. The van der Waals surface area contributed by atoms with Crippen molar-refractivity contribution in [3.8, 4) is 5.75 Å². The highest BCUT2D eigenvalue weighted by molar-refractivity contribution is 5.72. The molecule has 0 amide bonds. The van der Waals surface area contributed by atoms with Crippen molar-refractivity contribution in [1.82, 2.24) is 34.6 Å². The lowest BCUT2D eigenvalue weighted by atomic mass is 9.79.